The van der Waals surface area contributed by atoms with Gasteiger partial charge in [-0.3, -0.25) is 0 Å². The lowest BCUT2D eigenvalue weighted by molar-refractivity contribution is 0.142. The van der Waals surface area contributed by atoms with Crippen LogP contribution >= 0.6 is 0 Å². The lowest BCUT2D eigenvalue weighted by Crippen LogP contribution is -2.48. The van der Waals surface area contributed by atoms with Crippen LogP contribution in [0.1, 0.15) is 5.69 Å². The number of benzene rings is 1. The molecule has 2 heterocycles. The molecule has 3 rings (SSSR count). The molecule has 0 bridgehead atoms. The SMILES string of the molecule is N#Cc1nnc(N2CCN(C(=O)O)CC2)cc1-c1ccccc1. The number of nitriles is 1. The molecule has 0 unspecified atom stereocenters. The highest BCUT2D eigenvalue weighted by Crippen LogP contribution is 2.25. The number of carbonyl (C=O) groups is 1. The van der Waals surface area contributed by atoms with Crippen LogP contribution in [0.3, 0.4) is 0 Å². The van der Waals surface area contributed by atoms with E-state index in [9.17, 15) is 10.1 Å². The first-order valence-corrected chi connectivity index (χ1v) is 7.25. The molecular weight excluding hydrogens is 294 g/mol. The zero-order valence-corrected chi connectivity index (χ0v) is 12.4. The van der Waals surface area contributed by atoms with Crippen LogP contribution in [0.25, 0.3) is 11.1 Å². The van der Waals surface area contributed by atoms with Gasteiger partial charge in [0.25, 0.3) is 0 Å². The monoisotopic (exact) mass is 309 g/mol. The summed E-state index contributed by atoms with van der Waals surface area (Å²) in [7, 11) is 0. The number of hydrogen-bond donors (Lipinski definition) is 1. The molecule has 1 aromatic carbocycles. The molecule has 7 nitrogen and oxygen atoms in total. The zero-order chi connectivity index (χ0) is 16.2. The summed E-state index contributed by atoms with van der Waals surface area (Å²) < 4.78 is 0. The van der Waals surface area contributed by atoms with Crippen LogP contribution in [0.5, 0.6) is 0 Å². The summed E-state index contributed by atoms with van der Waals surface area (Å²) in [6.45, 7) is 1.97. The Morgan fingerprint density at radius 1 is 1.13 bits per heavy atom. The molecule has 2 aromatic rings. The van der Waals surface area contributed by atoms with Gasteiger partial charge in [-0.1, -0.05) is 30.3 Å². The summed E-state index contributed by atoms with van der Waals surface area (Å²) >= 11 is 0. The molecule has 23 heavy (non-hydrogen) atoms. The van der Waals surface area contributed by atoms with Gasteiger partial charge in [0.1, 0.15) is 6.07 Å². The molecule has 1 saturated heterocycles. The van der Waals surface area contributed by atoms with E-state index in [1.165, 1.54) is 4.90 Å². The Labute approximate surface area is 133 Å². The van der Waals surface area contributed by atoms with Crippen LogP contribution in [-0.2, 0) is 0 Å². The van der Waals surface area contributed by atoms with E-state index in [1.807, 2.05) is 41.3 Å². The van der Waals surface area contributed by atoms with Gasteiger partial charge in [-0.25, -0.2) is 4.79 Å². The highest BCUT2D eigenvalue weighted by atomic mass is 16.4. The van der Waals surface area contributed by atoms with E-state index in [1.54, 1.807) is 0 Å². The third kappa shape index (κ3) is 3.06. The molecular formula is C16H15N5O2. The Hall–Kier alpha value is -3.14. The van der Waals surface area contributed by atoms with E-state index in [-0.39, 0.29) is 5.69 Å². The second-order valence-corrected chi connectivity index (χ2v) is 5.20. The van der Waals surface area contributed by atoms with E-state index in [0.717, 1.165) is 11.1 Å². The second-order valence-electron chi connectivity index (χ2n) is 5.20. The summed E-state index contributed by atoms with van der Waals surface area (Å²) in [6.07, 6.45) is -0.902. The average Bonchev–Trinajstić information content (AvgIpc) is 2.62. The normalized spacial score (nSPS) is 14.4. The van der Waals surface area contributed by atoms with Gasteiger partial charge in [0.05, 0.1) is 0 Å². The van der Waals surface area contributed by atoms with Gasteiger partial charge in [-0.15, -0.1) is 10.2 Å². The largest absolute Gasteiger partial charge is 0.465 e. The Balaban J connectivity index is 1.88. The van der Waals surface area contributed by atoms with Crippen molar-refractivity contribution in [3.05, 3.63) is 42.1 Å². The van der Waals surface area contributed by atoms with Crippen LogP contribution < -0.4 is 4.90 Å². The fraction of sp³-hybridized carbons (Fsp3) is 0.250. The van der Waals surface area contributed by atoms with Crippen molar-refractivity contribution in [2.24, 2.45) is 0 Å². The quantitative estimate of drug-likeness (QED) is 0.909. The number of aromatic nitrogens is 2. The Kier molecular flexibility index (Phi) is 4.06. The molecule has 1 amide bonds. The molecule has 0 atom stereocenters. The van der Waals surface area contributed by atoms with Gasteiger partial charge in [0, 0.05) is 31.7 Å². The highest BCUT2D eigenvalue weighted by Gasteiger charge is 2.22. The molecule has 1 N–H and O–H groups in total. The van der Waals surface area contributed by atoms with Gasteiger partial charge >= 0.3 is 6.09 Å². The number of rotatable bonds is 2. The fourth-order valence-corrected chi connectivity index (χ4v) is 2.58. The number of anilines is 1. The minimum absolute atomic E-state index is 0.282. The van der Waals surface area contributed by atoms with E-state index in [2.05, 4.69) is 16.3 Å². The van der Waals surface area contributed by atoms with Gasteiger partial charge in [-0.2, -0.15) is 5.26 Å². The van der Waals surface area contributed by atoms with Crippen molar-refractivity contribution in [2.45, 2.75) is 0 Å². The molecule has 1 aliphatic rings. The van der Waals surface area contributed by atoms with Crippen LogP contribution in [0.2, 0.25) is 0 Å². The molecule has 1 fully saturated rings. The van der Waals surface area contributed by atoms with Crippen LogP contribution in [0, 0.1) is 11.3 Å². The van der Waals surface area contributed by atoms with Crippen molar-refractivity contribution in [1.82, 2.24) is 15.1 Å². The third-order valence-electron chi connectivity index (χ3n) is 3.85. The first kappa shape index (κ1) is 14.8. The summed E-state index contributed by atoms with van der Waals surface area (Å²) in [5, 5.41) is 26.4. The van der Waals surface area contributed by atoms with E-state index in [4.69, 9.17) is 5.11 Å². The van der Waals surface area contributed by atoms with Gasteiger partial charge in [0.15, 0.2) is 11.5 Å². The van der Waals surface area contributed by atoms with E-state index < -0.39 is 6.09 Å². The van der Waals surface area contributed by atoms with Gasteiger partial charge in [0.2, 0.25) is 0 Å². The molecule has 0 aliphatic carbocycles. The predicted molar refractivity (Wildman–Crippen MR) is 84.0 cm³/mol. The van der Waals surface area contributed by atoms with E-state index in [0.29, 0.717) is 32.0 Å². The topological polar surface area (TPSA) is 93.4 Å². The number of hydrogen-bond acceptors (Lipinski definition) is 5. The van der Waals surface area contributed by atoms with Crippen LogP contribution in [0.4, 0.5) is 10.6 Å². The van der Waals surface area contributed by atoms with Gasteiger partial charge < -0.3 is 14.9 Å². The first-order chi connectivity index (χ1) is 11.2. The number of carboxylic acid groups (broad SMARTS) is 1. The second kappa shape index (κ2) is 6.32. The Bertz CT molecular complexity index is 749. The summed E-state index contributed by atoms with van der Waals surface area (Å²) in [4.78, 5) is 14.3. The number of piperazine rings is 1. The van der Waals surface area contributed by atoms with Crippen molar-refractivity contribution in [1.29, 1.82) is 5.26 Å². The minimum Gasteiger partial charge on any atom is -0.465 e. The molecule has 1 aliphatic heterocycles. The fourth-order valence-electron chi connectivity index (χ4n) is 2.58. The predicted octanol–water partition coefficient (Wildman–Crippen LogP) is 1.82. The third-order valence-corrected chi connectivity index (χ3v) is 3.85. The van der Waals surface area contributed by atoms with Gasteiger partial charge in [-0.05, 0) is 11.6 Å². The summed E-state index contributed by atoms with van der Waals surface area (Å²) in [5.74, 6) is 0.660. The van der Waals surface area contributed by atoms with Crippen molar-refractivity contribution < 1.29 is 9.90 Å². The summed E-state index contributed by atoms with van der Waals surface area (Å²) in [6, 6.07) is 13.5. The molecule has 0 saturated carbocycles. The molecule has 0 radical (unpaired) electrons. The van der Waals surface area contributed by atoms with Crippen molar-refractivity contribution in [3.63, 3.8) is 0 Å². The lowest BCUT2D eigenvalue weighted by atomic mass is 10.0. The smallest absolute Gasteiger partial charge is 0.407 e. The molecule has 1 aromatic heterocycles. The Morgan fingerprint density at radius 3 is 2.43 bits per heavy atom. The van der Waals surface area contributed by atoms with Crippen molar-refractivity contribution >= 4 is 11.9 Å². The maximum absolute atomic E-state index is 11.0. The van der Waals surface area contributed by atoms with E-state index >= 15 is 0 Å². The molecule has 7 heteroatoms. The van der Waals surface area contributed by atoms with Crippen LogP contribution in [0.15, 0.2) is 36.4 Å². The highest BCUT2D eigenvalue weighted by molar-refractivity contribution is 5.71. The maximum atomic E-state index is 11.0. The number of amides is 1. The zero-order valence-electron chi connectivity index (χ0n) is 12.4. The summed E-state index contributed by atoms with van der Waals surface area (Å²) in [5.41, 5.74) is 1.92. The number of nitrogens with zero attached hydrogens (tertiary/aromatic N) is 5. The van der Waals surface area contributed by atoms with Crippen LogP contribution in [-0.4, -0.2) is 52.5 Å². The maximum Gasteiger partial charge on any atom is 0.407 e. The van der Waals surface area contributed by atoms with Crippen molar-refractivity contribution in [2.75, 3.05) is 31.1 Å². The average molecular weight is 309 g/mol. The first-order valence-electron chi connectivity index (χ1n) is 7.25. The van der Waals surface area contributed by atoms with Crippen molar-refractivity contribution in [3.8, 4) is 17.2 Å². The Morgan fingerprint density at radius 2 is 1.83 bits per heavy atom. The molecule has 116 valence electrons. The minimum atomic E-state index is -0.902. The lowest BCUT2D eigenvalue weighted by Gasteiger charge is -2.33. The molecule has 0 spiro atoms. The standard InChI is InChI=1S/C16H15N5O2/c17-11-14-13(12-4-2-1-3-5-12)10-15(19-18-14)20-6-8-21(9-7-20)16(22)23/h1-5,10H,6-9H2,(H,22,23).